The van der Waals surface area contributed by atoms with Crippen LogP contribution in [0.15, 0.2) is 0 Å². The Labute approximate surface area is 172 Å². The highest BCUT2D eigenvalue weighted by atomic mass is 16.5. The molecule has 0 aliphatic rings. The molecule has 0 heterocycles. The largest absolute Gasteiger partial charge is 0.463 e. The summed E-state index contributed by atoms with van der Waals surface area (Å²) in [4.78, 5) is 12.0. The van der Waals surface area contributed by atoms with Crippen molar-refractivity contribution < 1.29 is 24.9 Å². The topological polar surface area (TPSA) is 87.0 Å². The molecule has 168 valence electrons. The Bertz CT molecular complexity index is 346. The zero-order valence-electron chi connectivity index (χ0n) is 18.4. The molecule has 0 radical (unpaired) electrons. The molecule has 0 rings (SSSR count). The van der Waals surface area contributed by atoms with E-state index in [9.17, 15) is 9.90 Å². The lowest BCUT2D eigenvalue weighted by molar-refractivity contribution is -0.153. The second-order valence-electron chi connectivity index (χ2n) is 8.54. The molecule has 0 aliphatic heterocycles. The third-order valence-electron chi connectivity index (χ3n) is 5.27. The van der Waals surface area contributed by atoms with Gasteiger partial charge < -0.3 is 20.1 Å². The van der Waals surface area contributed by atoms with Gasteiger partial charge in [-0.25, -0.2) is 0 Å². The van der Waals surface area contributed by atoms with Gasteiger partial charge in [-0.1, -0.05) is 90.9 Å². The fraction of sp³-hybridized carbons (Fsp3) is 0.957. The van der Waals surface area contributed by atoms with Gasteiger partial charge in [-0.2, -0.15) is 0 Å². The van der Waals surface area contributed by atoms with Crippen molar-refractivity contribution in [3.8, 4) is 0 Å². The second-order valence-corrected chi connectivity index (χ2v) is 8.54. The van der Waals surface area contributed by atoms with E-state index in [1.54, 1.807) is 0 Å². The molecule has 0 bridgehead atoms. The van der Waals surface area contributed by atoms with Gasteiger partial charge in [-0.3, -0.25) is 4.79 Å². The Morgan fingerprint density at radius 1 is 0.750 bits per heavy atom. The summed E-state index contributed by atoms with van der Waals surface area (Å²) in [5, 5.41) is 27.1. The fourth-order valence-electron chi connectivity index (χ4n) is 3.42. The Morgan fingerprint density at radius 2 is 1.21 bits per heavy atom. The minimum absolute atomic E-state index is 0.0419. The van der Waals surface area contributed by atoms with E-state index in [1.807, 2.05) is 0 Å². The minimum atomic E-state index is -1.03. The van der Waals surface area contributed by atoms with Gasteiger partial charge in [0.25, 0.3) is 0 Å². The Hall–Kier alpha value is -0.650. The summed E-state index contributed by atoms with van der Waals surface area (Å²) in [6.07, 6.45) is 15.4. The first-order chi connectivity index (χ1) is 13.5. The molecular formula is C23H46O5. The first-order valence-electron chi connectivity index (χ1n) is 11.6. The van der Waals surface area contributed by atoms with E-state index in [0.29, 0.717) is 12.8 Å². The van der Waals surface area contributed by atoms with Crippen molar-refractivity contribution in [2.45, 2.75) is 110 Å². The molecular weight excluding hydrogens is 356 g/mol. The normalized spacial score (nSPS) is 13.6. The number of hydrogen-bond acceptors (Lipinski definition) is 5. The number of ether oxygens (including phenoxy) is 1. The molecule has 28 heavy (non-hydrogen) atoms. The molecule has 0 saturated carbocycles. The van der Waals surface area contributed by atoms with Crippen LogP contribution < -0.4 is 0 Å². The maximum atomic E-state index is 12.0. The van der Waals surface area contributed by atoms with E-state index < -0.39 is 12.7 Å². The van der Waals surface area contributed by atoms with Crippen LogP contribution in [0, 0.1) is 11.8 Å². The molecule has 5 nitrogen and oxygen atoms in total. The second kappa shape index (κ2) is 19.7. The standard InChI is InChI=1S/C23H46O5/c1-20(2)14-12-10-8-6-4-3-5-7-9-11-13-15-21(16-17-24)23(27)28-19-22(26)18-25/h20-22,24-26H,3-19H2,1-2H3. The quantitative estimate of drug-likeness (QED) is 0.204. The number of aliphatic hydroxyl groups is 3. The minimum Gasteiger partial charge on any atom is -0.463 e. The number of rotatable bonds is 20. The van der Waals surface area contributed by atoms with Crippen LogP contribution in [-0.2, 0) is 9.53 Å². The molecule has 0 aliphatic carbocycles. The summed E-state index contributed by atoms with van der Waals surface area (Å²) in [6, 6.07) is 0. The maximum absolute atomic E-state index is 12.0. The van der Waals surface area contributed by atoms with Crippen LogP contribution in [0.4, 0.5) is 0 Å². The number of esters is 1. The van der Waals surface area contributed by atoms with E-state index in [0.717, 1.165) is 18.8 Å². The van der Waals surface area contributed by atoms with Crippen molar-refractivity contribution in [1.29, 1.82) is 0 Å². The van der Waals surface area contributed by atoms with Crippen LogP contribution in [0.2, 0.25) is 0 Å². The van der Waals surface area contributed by atoms with Gasteiger partial charge in [0.1, 0.15) is 12.7 Å². The van der Waals surface area contributed by atoms with Gasteiger partial charge in [0.15, 0.2) is 0 Å². The van der Waals surface area contributed by atoms with Crippen molar-refractivity contribution in [3.05, 3.63) is 0 Å². The van der Waals surface area contributed by atoms with Crippen molar-refractivity contribution in [1.82, 2.24) is 0 Å². The lowest BCUT2D eigenvalue weighted by Gasteiger charge is -2.16. The summed E-state index contributed by atoms with van der Waals surface area (Å²) in [7, 11) is 0. The monoisotopic (exact) mass is 402 g/mol. The SMILES string of the molecule is CC(C)CCCCCCCCCCCCCC(CCO)C(=O)OCC(O)CO. The van der Waals surface area contributed by atoms with Crippen molar-refractivity contribution in [2.75, 3.05) is 19.8 Å². The van der Waals surface area contributed by atoms with Crippen LogP contribution >= 0.6 is 0 Å². The highest BCUT2D eigenvalue weighted by molar-refractivity contribution is 5.72. The Morgan fingerprint density at radius 3 is 1.64 bits per heavy atom. The van der Waals surface area contributed by atoms with Crippen LogP contribution in [0.25, 0.3) is 0 Å². The van der Waals surface area contributed by atoms with E-state index >= 15 is 0 Å². The van der Waals surface area contributed by atoms with Crippen molar-refractivity contribution in [2.24, 2.45) is 11.8 Å². The van der Waals surface area contributed by atoms with Gasteiger partial charge in [-0.15, -0.1) is 0 Å². The molecule has 0 fully saturated rings. The van der Waals surface area contributed by atoms with Crippen molar-refractivity contribution >= 4 is 5.97 Å². The summed E-state index contributed by atoms with van der Waals surface area (Å²) in [6.45, 7) is 3.94. The zero-order valence-corrected chi connectivity index (χ0v) is 18.4. The van der Waals surface area contributed by atoms with E-state index in [-0.39, 0.29) is 25.1 Å². The lowest BCUT2D eigenvalue weighted by Crippen LogP contribution is -2.26. The first kappa shape index (κ1) is 27.4. The smallest absolute Gasteiger partial charge is 0.309 e. The van der Waals surface area contributed by atoms with Gasteiger partial charge in [0.2, 0.25) is 0 Å². The van der Waals surface area contributed by atoms with Crippen LogP contribution in [0.5, 0.6) is 0 Å². The molecule has 3 N–H and O–H groups in total. The van der Waals surface area contributed by atoms with Crippen LogP contribution in [0.1, 0.15) is 104 Å². The Kier molecular flexibility index (Phi) is 19.2. The Balaban J connectivity index is 3.56. The molecule has 0 aromatic rings. The average molecular weight is 403 g/mol. The molecule has 0 saturated heterocycles. The summed E-state index contributed by atoms with van der Waals surface area (Å²) in [5.74, 6) is 0.144. The maximum Gasteiger partial charge on any atom is 0.309 e. The third kappa shape index (κ3) is 17.4. The molecule has 5 heteroatoms. The highest BCUT2D eigenvalue weighted by Gasteiger charge is 2.20. The molecule has 0 aromatic carbocycles. The molecule has 0 amide bonds. The first-order valence-corrected chi connectivity index (χ1v) is 11.6. The number of unbranched alkanes of at least 4 members (excludes halogenated alkanes) is 10. The number of carbonyl (C=O) groups excluding carboxylic acids is 1. The van der Waals surface area contributed by atoms with Gasteiger partial charge in [0.05, 0.1) is 12.5 Å². The molecule has 2 unspecified atom stereocenters. The van der Waals surface area contributed by atoms with Gasteiger partial charge in [-0.05, 0) is 18.8 Å². The summed E-state index contributed by atoms with van der Waals surface area (Å²) < 4.78 is 5.02. The van der Waals surface area contributed by atoms with E-state index in [1.165, 1.54) is 64.2 Å². The van der Waals surface area contributed by atoms with E-state index in [4.69, 9.17) is 14.9 Å². The fourth-order valence-corrected chi connectivity index (χ4v) is 3.42. The highest BCUT2D eigenvalue weighted by Crippen LogP contribution is 2.18. The van der Waals surface area contributed by atoms with Gasteiger partial charge >= 0.3 is 5.97 Å². The molecule has 0 spiro atoms. The summed E-state index contributed by atoms with van der Waals surface area (Å²) in [5.41, 5.74) is 0. The third-order valence-corrected chi connectivity index (χ3v) is 5.27. The van der Waals surface area contributed by atoms with E-state index in [2.05, 4.69) is 13.8 Å². The van der Waals surface area contributed by atoms with Crippen molar-refractivity contribution in [3.63, 3.8) is 0 Å². The zero-order chi connectivity index (χ0) is 21.0. The van der Waals surface area contributed by atoms with Gasteiger partial charge in [0, 0.05) is 6.61 Å². The number of carbonyl (C=O) groups is 1. The average Bonchev–Trinajstić information content (AvgIpc) is 2.68. The lowest BCUT2D eigenvalue weighted by atomic mass is 9.97. The van der Waals surface area contributed by atoms with Crippen LogP contribution in [-0.4, -0.2) is 47.2 Å². The molecule has 2 atom stereocenters. The predicted molar refractivity (Wildman–Crippen MR) is 114 cm³/mol. The van der Waals surface area contributed by atoms with Crippen LogP contribution in [0.3, 0.4) is 0 Å². The molecule has 0 aromatic heterocycles. The number of hydrogen-bond donors (Lipinski definition) is 3. The predicted octanol–water partition coefficient (Wildman–Crippen LogP) is 4.61. The summed E-state index contributed by atoms with van der Waals surface area (Å²) >= 11 is 0. The number of aliphatic hydroxyl groups excluding tert-OH is 3.